The molecule has 1 aromatic carbocycles. The molecule has 3 heterocycles. The quantitative estimate of drug-likeness (QED) is 0.215. The van der Waals surface area contributed by atoms with E-state index in [-0.39, 0.29) is 16.2 Å². The van der Waals surface area contributed by atoms with E-state index in [0.29, 0.717) is 9.99 Å². The van der Waals surface area contributed by atoms with E-state index in [1.165, 1.54) is 17.7 Å². The van der Waals surface area contributed by atoms with E-state index in [2.05, 4.69) is 26.6 Å². The Kier molecular flexibility index (Phi) is 15.6. The van der Waals surface area contributed by atoms with Crippen LogP contribution >= 0.6 is 27.5 Å². The highest BCUT2D eigenvalue weighted by Crippen LogP contribution is 2.41. The Morgan fingerprint density at radius 2 is 1.14 bits per heavy atom. The van der Waals surface area contributed by atoms with Gasteiger partial charge in [-0.05, 0) is 28.1 Å². The summed E-state index contributed by atoms with van der Waals surface area (Å²) in [5.74, 6) is -5.88. The Balaban J connectivity index is 1.88. The molecule has 10 atom stereocenters. The summed E-state index contributed by atoms with van der Waals surface area (Å²) in [6.07, 6.45) is -11.0. The molecular formula is C36H43BrClN3O17. The Morgan fingerprint density at radius 1 is 0.672 bits per heavy atom. The zero-order chi connectivity index (χ0) is 43.2. The molecule has 2 fully saturated rings. The Morgan fingerprint density at radius 3 is 1.62 bits per heavy atom. The van der Waals surface area contributed by atoms with Gasteiger partial charge in [0.05, 0.1) is 22.1 Å². The summed E-state index contributed by atoms with van der Waals surface area (Å²) in [6, 6.07) is 0.302. The summed E-state index contributed by atoms with van der Waals surface area (Å²) in [5, 5.41) is 5.64. The van der Waals surface area contributed by atoms with Gasteiger partial charge in [0, 0.05) is 59.9 Å². The number of aromatic nitrogens is 1. The van der Waals surface area contributed by atoms with E-state index in [1.54, 1.807) is 12.1 Å². The molecule has 0 bridgehead atoms. The van der Waals surface area contributed by atoms with Crippen LogP contribution in [0.1, 0.15) is 60.2 Å². The fourth-order valence-corrected chi connectivity index (χ4v) is 7.07. The third-order valence-corrected chi connectivity index (χ3v) is 9.82. The van der Waals surface area contributed by atoms with Crippen LogP contribution in [-0.4, -0.2) is 127 Å². The van der Waals surface area contributed by atoms with Gasteiger partial charge in [0.25, 0.3) is 0 Å². The van der Waals surface area contributed by atoms with Gasteiger partial charge in [0.2, 0.25) is 24.0 Å². The lowest BCUT2D eigenvalue weighted by Crippen LogP contribution is -2.71. The van der Waals surface area contributed by atoms with Gasteiger partial charge >= 0.3 is 29.8 Å². The van der Waals surface area contributed by atoms with Crippen molar-refractivity contribution in [3.05, 3.63) is 27.8 Å². The average molecular weight is 905 g/mol. The molecule has 2 saturated heterocycles. The van der Waals surface area contributed by atoms with Gasteiger partial charge in [0.1, 0.15) is 43.6 Å². The lowest BCUT2D eigenvalue weighted by Gasteiger charge is -2.49. The van der Waals surface area contributed by atoms with Crippen molar-refractivity contribution in [3.8, 4) is 5.75 Å². The summed E-state index contributed by atoms with van der Waals surface area (Å²) >= 11 is 10.0. The standard InChI is InChI=1S/C36H43BrClN3O17/c1-14(42)39-29-34(54-21(8)49)32(58-36-30(40-15(2)43)33(53-20(7)48)31(52-19(6)47)25(57-36)12-50-17(4)45)26(13-51-18(5)46)56-35(29)55-24-11-41(16(3)44)23-10-9-22(37)28(38)27(23)24/h9-11,25-26,29-36H,12-13H2,1-8H3,(H,39,42)(H,40,43). The Hall–Kier alpha value is -4.83. The molecule has 2 aromatic rings. The van der Waals surface area contributed by atoms with E-state index >= 15 is 0 Å². The zero-order valence-corrected chi connectivity index (χ0v) is 34.9. The van der Waals surface area contributed by atoms with Crippen molar-refractivity contribution >= 4 is 86.0 Å². The van der Waals surface area contributed by atoms with Gasteiger partial charge < -0.3 is 53.3 Å². The molecule has 318 valence electrons. The normalized spacial score (nSPS) is 26.7. The van der Waals surface area contributed by atoms with Crippen molar-refractivity contribution < 1.29 is 81.0 Å². The molecule has 1 aromatic heterocycles. The van der Waals surface area contributed by atoms with Gasteiger partial charge in [-0.1, -0.05) is 11.6 Å². The molecule has 2 N–H and O–H groups in total. The van der Waals surface area contributed by atoms with Crippen molar-refractivity contribution in [2.75, 3.05) is 13.2 Å². The number of ether oxygens (including phenoxy) is 9. The molecule has 0 spiro atoms. The summed E-state index contributed by atoms with van der Waals surface area (Å²) in [7, 11) is 0. The van der Waals surface area contributed by atoms with Gasteiger partial charge in [0.15, 0.2) is 30.4 Å². The fourth-order valence-electron chi connectivity index (χ4n) is 6.49. The number of esters is 5. The maximum atomic E-state index is 12.8. The number of carbonyl (C=O) groups is 8. The van der Waals surface area contributed by atoms with Gasteiger partial charge in [-0.3, -0.25) is 42.9 Å². The van der Waals surface area contributed by atoms with Crippen LogP contribution in [0.4, 0.5) is 0 Å². The second-order valence-electron chi connectivity index (χ2n) is 13.2. The van der Waals surface area contributed by atoms with Crippen LogP contribution in [0, 0.1) is 0 Å². The number of hydrogen-bond donors (Lipinski definition) is 2. The Bertz CT molecular complexity index is 1940. The molecule has 0 saturated carbocycles. The number of rotatable bonds is 13. The third-order valence-electron chi connectivity index (χ3n) is 8.54. The second kappa shape index (κ2) is 19.7. The number of carbonyl (C=O) groups excluding carboxylic acids is 8. The van der Waals surface area contributed by atoms with Gasteiger partial charge in [-0.15, -0.1) is 0 Å². The number of nitrogens with one attached hydrogen (secondary N) is 2. The van der Waals surface area contributed by atoms with E-state index in [9.17, 15) is 38.4 Å². The monoisotopic (exact) mass is 903 g/mol. The topological polar surface area (TPSA) is 249 Å². The molecule has 58 heavy (non-hydrogen) atoms. The number of fused-ring (bicyclic) bond motifs is 1. The highest BCUT2D eigenvalue weighted by molar-refractivity contribution is 9.10. The molecule has 2 aliphatic rings. The average Bonchev–Trinajstić information content (AvgIpc) is 3.47. The van der Waals surface area contributed by atoms with Crippen molar-refractivity contribution in [2.24, 2.45) is 0 Å². The highest BCUT2D eigenvalue weighted by Gasteiger charge is 2.56. The first kappa shape index (κ1) is 45.9. The molecule has 22 heteroatoms. The lowest BCUT2D eigenvalue weighted by molar-refractivity contribution is -0.327. The molecule has 10 unspecified atom stereocenters. The first-order valence-electron chi connectivity index (χ1n) is 17.6. The van der Waals surface area contributed by atoms with Crippen molar-refractivity contribution in [1.82, 2.24) is 15.2 Å². The van der Waals surface area contributed by atoms with Crippen LogP contribution in [0.3, 0.4) is 0 Å². The van der Waals surface area contributed by atoms with E-state index in [4.69, 9.17) is 54.2 Å². The van der Waals surface area contributed by atoms with Gasteiger partial charge in [-0.25, -0.2) is 0 Å². The van der Waals surface area contributed by atoms with E-state index in [0.717, 1.165) is 48.5 Å². The van der Waals surface area contributed by atoms with E-state index in [1.807, 2.05) is 0 Å². The van der Waals surface area contributed by atoms with Crippen LogP contribution in [0.25, 0.3) is 10.9 Å². The summed E-state index contributed by atoms with van der Waals surface area (Å²) in [4.78, 5) is 99.7. The predicted octanol–water partition coefficient (Wildman–Crippen LogP) is 1.86. The minimum atomic E-state index is -1.73. The minimum Gasteiger partial charge on any atom is -0.463 e. The predicted molar refractivity (Wildman–Crippen MR) is 199 cm³/mol. The van der Waals surface area contributed by atoms with Crippen LogP contribution in [0.5, 0.6) is 5.75 Å². The van der Waals surface area contributed by atoms with Crippen molar-refractivity contribution in [1.29, 1.82) is 0 Å². The number of benzene rings is 1. The van der Waals surface area contributed by atoms with Crippen LogP contribution < -0.4 is 15.4 Å². The molecule has 0 radical (unpaired) electrons. The smallest absolute Gasteiger partial charge is 0.303 e. The summed E-state index contributed by atoms with van der Waals surface area (Å²) in [5.41, 5.74) is 0.355. The molecule has 0 aliphatic carbocycles. The maximum Gasteiger partial charge on any atom is 0.303 e. The van der Waals surface area contributed by atoms with Crippen LogP contribution in [0.15, 0.2) is 22.8 Å². The SMILES string of the molecule is CC(=O)NC1C(OC2C(COC(C)=O)OC(Oc3cn(C(C)=O)c4ccc(Br)c(Cl)c34)C(NC(C)=O)C2OC(C)=O)OC(COC(C)=O)C(OC(C)=O)C1OC(C)=O. The molecular weight excluding hydrogens is 862 g/mol. The van der Waals surface area contributed by atoms with Crippen LogP contribution in [0.2, 0.25) is 5.02 Å². The lowest BCUT2D eigenvalue weighted by atomic mass is 9.94. The first-order chi connectivity index (χ1) is 27.2. The summed E-state index contributed by atoms with van der Waals surface area (Å²) < 4.78 is 54.4. The molecule has 2 amide bonds. The summed E-state index contributed by atoms with van der Waals surface area (Å²) in [6.45, 7) is 7.85. The highest BCUT2D eigenvalue weighted by atomic mass is 79.9. The minimum absolute atomic E-state index is 0.000540. The maximum absolute atomic E-state index is 12.8. The number of nitrogens with zero attached hydrogens (tertiary/aromatic N) is 1. The van der Waals surface area contributed by atoms with Crippen LogP contribution in [-0.2, 0) is 71.5 Å². The molecule has 4 rings (SSSR count). The number of amides is 2. The number of halogens is 2. The number of hydrogen-bond acceptors (Lipinski definition) is 17. The van der Waals surface area contributed by atoms with Gasteiger partial charge in [-0.2, -0.15) is 0 Å². The molecule has 20 nitrogen and oxygen atoms in total. The van der Waals surface area contributed by atoms with Crippen molar-refractivity contribution in [3.63, 3.8) is 0 Å². The molecule has 2 aliphatic heterocycles. The second-order valence-corrected chi connectivity index (χ2v) is 14.5. The van der Waals surface area contributed by atoms with Crippen molar-refractivity contribution in [2.45, 2.75) is 117 Å². The first-order valence-corrected chi connectivity index (χ1v) is 18.8. The van der Waals surface area contributed by atoms with E-state index < -0.39 is 122 Å². The Labute approximate surface area is 344 Å². The third kappa shape index (κ3) is 11.4. The largest absolute Gasteiger partial charge is 0.463 e. The zero-order valence-electron chi connectivity index (χ0n) is 32.6. The fraction of sp³-hybridized carbons (Fsp3) is 0.556.